The first-order chi connectivity index (χ1) is 7.63. The second kappa shape index (κ2) is 6.30. The number of hydrogen-bond donors (Lipinski definition) is 1. The zero-order valence-corrected chi connectivity index (χ0v) is 9.59. The first kappa shape index (κ1) is 12.7. The molecular formula is C11H13NO3S. The van der Waals surface area contributed by atoms with Gasteiger partial charge in [-0.15, -0.1) is 11.3 Å². The van der Waals surface area contributed by atoms with Crippen LogP contribution in [0.1, 0.15) is 28.9 Å². The molecule has 0 amide bonds. The van der Waals surface area contributed by atoms with E-state index in [2.05, 4.69) is 0 Å². The fraction of sp³-hybridized carbons (Fsp3) is 0.364. The Labute approximate surface area is 97.5 Å². The lowest BCUT2D eigenvalue weighted by molar-refractivity contribution is -0.123. The topological polar surface area (TPSA) is 77.2 Å². The van der Waals surface area contributed by atoms with Crippen LogP contribution in [-0.4, -0.2) is 23.9 Å². The molecular weight excluding hydrogens is 226 g/mol. The van der Waals surface area contributed by atoms with Gasteiger partial charge in [0.25, 0.3) is 0 Å². The SMILES string of the molecule is NCC(=O)CCC(=O)CC(=O)c1cccs1. The highest BCUT2D eigenvalue weighted by molar-refractivity contribution is 7.12. The van der Waals surface area contributed by atoms with E-state index in [9.17, 15) is 14.4 Å². The number of carbonyl (C=O) groups excluding carboxylic acids is 3. The molecule has 86 valence electrons. The van der Waals surface area contributed by atoms with Gasteiger partial charge in [0.05, 0.1) is 17.8 Å². The summed E-state index contributed by atoms with van der Waals surface area (Å²) in [4.78, 5) is 34.3. The Balaban J connectivity index is 2.35. The summed E-state index contributed by atoms with van der Waals surface area (Å²) in [6.07, 6.45) is 0.110. The van der Waals surface area contributed by atoms with Crippen LogP contribution in [0.3, 0.4) is 0 Å². The van der Waals surface area contributed by atoms with Gasteiger partial charge in [-0.25, -0.2) is 0 Å². The Kier molecular flexibility index (Phi) is 5.01. The molecule has 0 saturated carbocycles. The summed E-state index contributed by atoms with van der Waals surface area (Å²) >= 11 is 1.31. The van der Waals surface area contributed by atoms with E-state index in [1.54, 1.807) is 17.5 Å². The second-order valence-corrected chi connectivity index (χ2v) is 4.31. The molecule has 0 bridgehead atoms. The number of ketones is 3. The minimum Gasteiger partial charge on any atom is -0.324 e. The summed E-state index contributed by atoms with van der Waals surface area (Å²) in [5.74, 6) is -0.544. The number of Topliss-reactive ketones (excluding diaryl/α,β-unsaturated/α-hetero) is 3. The molecule has 0 saturated heterocycles. The Morgan fingerprint density at radius 1 is 1.19 bits per heavy atom. The monoisotopic (exact) mass is 239 g/mol. The van der Waals surface area contributed by atoms with Crippen molar-refractivity contribution in [3.05, 3.63) is 22.4 Å². The fourth-order valence-electron chi connectivity index (χ4n) is 1.17. The molecule has 0 aliphatic rings. The van der Waals surface area contributed by atoms with Gasteiger partial charge in [0, 0.05) is 12.8 Å². The third-order valence-corrected chi connectivity index (χ3v) is 2.97. The number of rotatable bonds is 7. The molecule has 0 atom stereocenters. The molecule has 0 aliphatic heterocycles. The molecule has 0 radical (unpaired) electrons. The summed E-state index contributed by atoms with van der Waals surface area (Å²) in [5.41, 5.74) is 5.11. The third kappa shape index (κ3) is 4.04. The Bertz CT molecular complexity index is 384. The van der Waals surface area contributed by atoms with E-state index in [0.717, 1.165) is 0 Å². The first-order valence-electron chi connectivity index (χ1n) is 4.93. The van der Waals surface area contributed by atoms with Crippen molar-refractivity contribution in [1.29, 1.82) is 0 Å². The summed E-state index contributed by atoms with van der Waals surface area (Å²) in [6, 6.07) is 3.45. The van der Waals surface area contributed by atoms with Crippen molar-refractivity contribution in [2.45, 2.75) is 19.3 Å². The highest BCUT2D eigenvalue weighted by Crippen LogP contribution is 2.12. The maximum Gasteiger partial charge on any atom is 0.180 e. The highest BCUT2D eigenvalue weighted by atomic mass is 32.1. The van der Waals surface area contributed by atoms with E-state index in [1.807, 2.05) is 0 Å². The molecule has 4 nitrogen and oxygen atoms in total. The lowest BCUT2D eigenvalue weighted by Crippen LogP contribution is -2.15. The largest absolute Gasteiger partial charge is 0.324 e. The lowest BCUT2D eigenvalue weighted by Gasteiger charge is -1.98. The number of nitrogens with two attached hydrogens (primary N) is 1. The van der Waals surface area contributed by atoms with Gasteiger partial charge in [-0.2, -0.15) is 0 Å². The van der Waals surface area contributed by atoms with Gasteiger partial charge >= 0.3 is 0 Å². The molecule has 0 spiro atoms. The average molecular weight is 239 g/mol. The van der Waals surface area contributed by atoms with Gasteiger partial charge in [0.1, 0.15) is 11.6 Å². The van der Waals surface area contributed by atoms with Crippen molar-refractivity contribution in [2.24, 2.45) is 5.73 Å². The standard InChI is InChI=1S/C11H13NO3S/c12-7-9(14)4-3-8(13)6-10(15)11-2-1-5-16-11/h1-2,5H,3-4,6-7,12H2. The molecule has 0 aliphatic carbocycles. The van der Waals surface area contributed by atoms with Crippen LogP contribution >= 0.6 is 11.3 Å². The highest BCUT2D eigenvalue weighted by Gasteiger charge is 2.13. The van der Waals surface area contributed by atoms with E-state index in [-0.39, 0.29) is 43.2 Å². The Morgan fingerprint density at radius 2 is 1.88 bits per heavy atom. The summed E-state index contributed by atoms with van der Waals surface area (Å²) in [6.45, 7) is -0.0495. The maximum atomic E-state index is 11.5. The van der Waals surface area contributed by atoms with Gasteiger partial charge in [-0.05, 0) is 11.4 Å². The molecule has 16 heavy (non-hydrogen) atoms. The number of hydrogen-bond acceptors (Lipinski definition) is 5. The van der Waals surface area contributed by atoms with Gasteiger partial charge in [-0.1, -0.05) is 6.07 Å². The quantitative estimate of drug-likeness (QED) is 0.573. The minimum absolute atomic E-state index is 0.0495. The number of carbonyl (C=O) groups is 3. The van der Waals surface area contributed by atoms with Crippen molar-refractivity contribution in [1.82, 2.24) is 0 Å². The van der Waals surface area contributed by atoms with E-state index >= 15 is 0 Å². The molecule has 1 aromatic rings. The van der Waals surface area contributed by atoms with Crippen LogP contribution in [0.5, 0.6) is 0 Å². The van der Waals surface area contributed by atoms with Crippen LogP contribution in [-0.2, 0) is 9.59 Å². The van der Waals surface area contributed by atoms with E-state index in [0.29, 0.717) is 4.88 Å². The molecule has 5 heteroatoms. The van der Waals surface area contributed by atoms with Crippen LogP contribution in [0, 0.1) is 0 Å². The number of thiophene rings is 1. The normalized spacial score (nSPS) is 10.1. The smallest absolute Gasteiger partial charge is 0.180 e. The minimum atomic E-state index is -0.208. The van der Waals surface area contributed by atoms with Crippen molar-refractivity contribution in [3.8, 4) is 0 Å². The van der Waals surface area contributed by atoms with E-state index in [4.69, 9.17) is 5.73 Å². The summed E-state index contributed by atoms with van der Waals surface area (Å²) < 4.78 is 0. The van der Waals surface area contributed by atoms with Gasteiger partial charge in [0.2, 0.25) is 0 Å². The third-order valence-electron chi connectivity index (χ3n) is 2.06. The molecule has 1 aromatic heterocycles. The van der Waals surface area contributed by atoms with Crippen molar-refractivity contribution in [2.75, 3.05) is 6.54 Å². The van der Waals surface area contributed by atoms with Crippen LogP contribution in [0.15, 0.2) is 17.5 Å². The summed E-state index contributed by atoms with van der Waals surface area (Å²) in [7, 11) is 0. The Morgan fingerprint density at radius 3 is 2.44 bits per heavy atom. The van der Waals surface area contributed by atoms with Crippen molar-refractivity contribution >= 4 is 28.7 Å². The van der Waals surface area contributed by atoms with Crippen LogP contribution < -0.4 is 5.73 Å². The molecule has 0 fully saturated rings. The molecule has 2 N–H and O–H groups in total. The maximum absolute atomic E-state index is 11.5. The van der Waals surface area contributed by atoms with Crippen molar-refractivity contribution < 1.29 is 14.4 Å². The van der Waals surface area contributed by atoms with E-state index in [1.165, 1.54) is 11.3 Å². The zero-order valence-electron chi connectivity index (χ0n) is 8.77. The van der Waals surface area contributed by atoms with Gasteiger partial charge < -0.3 is 5.73 Å². The van der Waals surface area contributed by atoms with Gasteiger partial charge in [0.15, 0.2) is 5.78 Å². The average Bonchev–Trinajstić information content (AvgIpc) is 2.79. The van der Waals surface area contributed by atoms with Gasteiger partial charge in [-0.3, -0.25) is 14.4 Å². The summed E-state index contributed by atoms with van der Waals surface area (Å²) in [5, 5.41) is 1.79. The van der Waals surface area contributed by atoms with Crippen molar-refractivity contribution in [3.63, 3.8) is 0 Å². The molecule has 1 rings (SSSR count). The predicted molar refractivity (Wildman–Crippen MR) is 61.6 cm³/mol. The van der Waals surface area contributed by atoms with Crippen LogP contribution in [0.4, 0.5) is 0 Å². The second-order valence-electron chi connectivity index (χ2n) is 3.36. The van der Waals surface area contributed by atoms with Crippen LogP contribution in [0.2, 0.25) is 0 Å². The van der Waals surface area contributed by atoms with Crippen LogP contribution in [0.25, 0.3) is 0 Å². The first-order valence-corrected chi connectivity index (χ1v) is 5.81. The molecule has 1 heterocycles. The lowest BCUT2D eigenvalue weighted by atomic mass is 10.1. The van der Waals surface area contributed by atoms with E-state index < -0.39 is 0 Å². The zero-order chi connectivity index (χ0) is 12.0. The predicted octanol–water partition coefficient (Wildman–Crippen LogP) is 1.20. The fourth-order valence-corrected chi connectivity index (χ4v) is 1.84. The molecule has 0 aromatic carbocycles. The molecule has 0 unspecified atom stereocenters. The Hall–Kier alpha value is -1.33.